The summed E-state index contributed by atoms with van der Waals surface area (Å²) in [6.07, 6.45) is 0. The smallest absolute Gasteiger partial charge is 0.000685 e. The minimum Gasteiger partial charge on any atom is -0.0610 e. The molecule has 0 bridgehead atoms. The summed E-state index contributed by atoms with van der Waals surface area (Å²) < 4.78 is 0. The van der Waals surface area contributed by atoms with Crippen LogP contribution in [0.2, 0.25) is 0 Å². The van der Waals surface area contributed by atoms with Crippen molar-refractivity contribution in [1.82, 2.24) is 0 Å². The molecular formula is C52H50. The maximum atomic E-state index is 2.57. The molecule has 10 aromatic rings. The van der Waals surface area contributed by atoms with Crippen LogP contribution >= 0.6 is 0 Å². The van der Waals surface area contributed by atoms with Crippen molar-refractivity contribution in [2.24, 2.45) is 0 Å². The fourth-order valence-electron chi connectivity index (χ4n) is 9.68. The molecule has 0 aliphatic rings. The second-order valence-corrected chi connectivity index (χ2v) is 20.3. The summed E-state index contributed by atoms with van der Waals surface area (Å²) >= 11 is 0. The Morgan fingerprint density at radius 3 is 0.769 bits per heavy atom. The lowest BCUT2D eigenvalue weighted by atomic mass is 9.82. The normalized spacial score (nSPS) is 14.2. The topological polar surface area (TPSA) is 0 Å². The Morgan fingerprint density at radius 1 is 0.250 bits per heavy atom. The summed E-state index contributed by atoms with van der Waals surface area (Å²) in [6, 6.07) is 34.2. The molecule has 0 fully saturated rings. The van der Waals surface area contributed by atoms with E-state index in [1.807, 2.05) is 0 Å². The van der Waals surface area contributed by atoms with E-state index in [9.17, 15) is 0 Å². The average molecular weight is 675 g/mol. The second kappa shape index (κ2) is 9.64. The summed E-state index contributed by atoms with van der Waals surface area (Å²) in [5, 5.41) is 25.3. The van der Waals surface area contributed by atoms with Gasteiger partial charge < -0.3 is 0 Å². The van der Waals surface area contributed by atoms with E-state index < -0.39 is 0 Å². The molecule has 0 aliphatic heterocycles. The monoisotopic (exact) mass is 674 g/mol. The van der Waals surface area contributed by atoms with Gasteiger partial charge in [0.05, 0.1) is 0 Å². The molecule has 0 N–H and O–H groups in total. The Balaban J connectivity index is 1.64. The SMILES string of the molecule is CC(C)(C)c1cc2cc(C(C)(C)C)cc3c2c(c1)c1c2c4cccc5cccc(c54)c2c2c4cc(C(C)(C)C)cc5cc(C(C)(C)C)cc(c54)c2c31. The largest absolute Gasteiger partial charge is 0.0610 e. The molecule has 0 amide bonds. The molecule has 0 aliphatic carbocycles. The predicted octanol–water partition coefficient (Wildman–Crippen LogP) is 15.6. The van der Waals surface area contributed by atoms with Crippen LogP contribution in [0.5, 0.6) is 0 Å². The minimum absolute atomic E-state index is 0.0110. The maximum absolute atomic E-state index is 2.57. The third-order valence-corrected chi connectivity index (χ3v) is 12.6. The van der Waals surface area contributed by atoms with Crippen molar-refractivity contribution < 1.29 is 0 Å². The lowest BCUT2D eigenvalue weighted by Gasteiger charge is -2.23. The van der Waals surface area contributed by atoms with Gasteiger partial charge in [-0.25, -0.2) is 0 Å². The van der Waals surface area contributed by atoms with Crippen LogP contribution in [0.1, 0.15) is 105 Å². The van der Waals surface area contributed by atoms with Gasteiger partial charge in [-0.2, -0.15) is 0 Å². The summed E-state index contributed by atoms with van der Waals surface area (Å²) in [7, 11) is 0. The van der Waals surface area contributed by atoms with Crippen LogP contribution in [0, 0.1) is 0 Å². The summed E-state index contributed by atoms with van der Waals surface area (Å²) in [4.78, 5) is 0. The quantitative estimate of drug-likeness (QED) is 0.150. The van der Waals surface area contributed by atoms with Crippen LogP contribution < -0.4 is 0 Å². The Kier molecular flexibility index (Phi) is 5.94. The summed E-state index contributed by atoms with van der Waals surface area (Å²) in [5.41, 5.74) is 5.66. The van der Waals surface area contributed by atoms with E-state index in [4.69, 9.17) is 0 Å². The minimum atomic E-state index is 0.0110. The molecule has 0 saturated carbocycles. The highest BCUT2D eigenvalue weighted by Crippen LogP contribution is 2.57. The van der Waals surface area contributed by atoms with Crippen molar-refractivity contribution in [3.05, 3.63) is 107 Å². The van der Waals surface area contributed by atoms with E-state index >= 15 is 0 Å². The van der Waals surface area contributed by atoms with Gasteiger partial charge in [0.1, 0.15) is 0 Å². The van der Waals surface area contributed by atoms with Crippen LogP contribution in [0.3, 0.4) is 0 Å². The van der Waals surface area contributed by atoms with Gasteiger partial charge in [0.2, 0.25) is 0 Å². The van der Waals surface area contributed by atoms with Crippen molar-refractivity contribution in [3.8, 4) is 0 Å². The van der Waals surface area contributed by atoms with E-state index in [0.29, 0.717) is 0 Å². The highest BCUT2D eigenvalue weighted by Gasteiger charge is 2.30. The third-order valence-electron chi connectivity index (χ3n) is 12.6. The Bertz CT molecular complexity index is 2900. The lowest BCUT2D eigenvalue weighted by molar-refractivity contribution is 0.589. The van der Waals surface area contributed by atoms with E-state index in [-0.39, 0.29) is 21.7 Å². The molecule has 0 heterocycles. The molecule has 0 radical (unpaired) electrons. The van der Waals surface area contributed by atoms with E-state index in [0.717, 1.165) is 0 Å². The number of rotatable bonds is 0. The van der Waals surface area contributed by atoms with Gasteiger partial charge in [0, 0.05) is 0 Å². The van der Waals surface area contributed by atoms with E-state index in [2.05, 4.69) is 168 Å². The Hall–Kier alpha value is -4.68. The zero-order valence-corrected chi connectivity index (χ0v) is 33.1. The molecule has 0 spiro atoms. The molecule has 52 heavy (non-hydrogen) atoms. The first-order chi connectivity index (χ1) is 24.3. The molecular weight excluding hydrogens is 625 g/mol. The first-order valence-electron chi connectivity index (χ1n) is 19.4. The van der Waals surface area contributed by atoms with Crippen molar-refractivity contribution in [3.63, 3.8) is 0 Å². The van der Waals surface area contributed by atoms with Crippen LogP contribution in [0.15, 0.2) is 84.9 Å². The molecule has 0 unspecified atom stereocenters. The maximum Gasteiger partial charge on any atom is -0.000685 e. The molecule has 10 rings (SSSR count). The fourth-order valence-corrected chi connectivity index (χ4v) is 9.68. The van der Waals surface area contributed by atoms with E-state index in [1.165, 1.54) is 119 Å². The van der Waals surface area contributed by atoms with Gasteiger partial charge >= 0.3 is 0 Å². The summed E-state index contributed by atoms with van der Waals surface area (Å²) in [6.45, 7) is 28.4. The zero-order chi connectivity index (χ0) is 36.6. The van der Waals surface area contributed by atoms with Crippen LogP contribution in [-0.4, -0.2) is 0 Å². The number of fused-ring (bicyclic) bond motifs is 12. The highest BCUT2D eigenvalue weighted by molar-refractivity contribution is 6.55. The van der Waals surface area contributed by atoms with Crippen LogP contribution in [0.25, 0.3) is 97.0 Å². The standard InChI is InChI=1S/C52H50/c1-49(2,3)30-19-28-21-32(51(7,8)9)25-38-41(28)36(23-30)45-43-34-17-13-15-27-16-14-18-35(40(27)34)44(43)46-37-24-31(50(4,5)6)20-29-22-33(52(10,11)12)26-39(42(29)37)48(46)47(38)45/h13-26H,1-12H3. The number of hydrogen-bond acceptors (Lipinski definition) is 0. The van der Waals surface area contributed by atoms with Gasteiger partial charge in [-0.05, 0) is 165 Å². The van der Waals surface area contributed by atoms with Crippen molar-refractivity contribution in [2.45, 2.75) is 105 Å². The zero-order valence-electron chi connectivity index (χ0n) is 33.1. The second-order valence-electron chi connectivity index (χ2n) is 20.3. The first-order valence-corrected chi connectivity index (χ1v) is 19.4. The highest BCUT2D eigenvalue weighted by atomic mass is 14.3. The summed E-state index contributed by atoms with van der Waals surface area (Å²) in [5.74, 6) is 0. The van der Waals surface area contributed by atoms with Gasteiger partial charge in [-0.15, -0.1) is 0 Å². The molecule has 258 valence electrons. The van der Waals surface area contributed by atoms with Crippen molar-refractivity contribution in [1.29, 1.82) is 0 Å². The molecule has 10 aromatic carbocycles. The van der Waals surface area contributed by atoms with Crippen molar-refractivity contribution >= 4 is 97.0 Å². The first kappa shape index (κ1) is 32.0. The van der Waals surface area contributed by atoms with Gasteiger partial charge in [-0.1, -0.05) is 144 Å². The molecule has 0 heteroatoms. The van der Waals surface area contributed by atoms with Gasteiger partial charge in [0.15, 0.2) is 0 Å². The lowest BCUT2D eigenvalue weighted by Crippen LogP contribution is -2.12. The van der Waals surface area contributed by atoms with Crippen LogP contribution in [0.4, 0.5) is 0 Å². The Labute approximate surface area is 307 Å². The Morgan fingerprint density at radius 2 is 0.500 bits per heavy atom. The molecule has 0 aromatic heterocycles. The molecule has 0 saturated heterocycles. The third kappa shape index (κ3) is 4.10. The molecule has 0 atom stereocenters. The average Bonchev–Trinajstić information content (AvgIpc) is 3.68. The van der Waals surface area contributed by atoms with Crippen LogP contribution in [-0.2, 0) is 21.7 Å². The van der Waals surface area contributed by atoms with Gasteiger partial charge in [-0.3, -0.25) is 0 Å². The number of hydrogen-bond donors (Lipinski definition) is 0. The number of benzene rings is 7. The van der Waals surface area contributed by atoms with E-state index in [1.54, 1.807) is 0 Å². The molecule has 0 nitrogen and oxygen atoms in total. The van der Waals surface area contributed by atoms with Gasteiger partial charge in [0.25, 0.3) is 0 Å². The van der Waals surface area contributed by atoms with Crippen molar-refractivity contribution in [2.75, 3.05) is 0 Å². The fraction of sp³-hybridized carbons (Fsp3) is 0.308. The predicted molar refractivity (Wildman–Crippen MR) is 232 cm³/mol.